The van der Waals surface area contributed by atoms with Gasteiger partial charge in [-0.3, -0.25) is 0 Å². The summed E-state index contributed by atoms with van der Waals surface area (Å²) in [6.45, 7) is 0. The van der Waals surface area contributed by atoms with Crippen molar-refractivity contribution in [2.75, 3.05) is 0 Å². The highest BCUT2D eigenvalue weighted by atomic mass is 19.2. The molecule has 3 nitrogen and oxygen atoms in total. The van der Waals surface area contributed by atoms with Crippen molar-refractivity contribution in [2.45, 2.75) is 18.8 Å². The first-order valence-corrected chi connectivity index (χ1v) is 4.15. The van der Waals surface area contributed by atoms with E-state index in [4.69, 9.17) is 5.11 Å². The predicted octanol–water partition coefficient (Wildman–Crippen LogP) is 1.96. The molecule has 1 fully saturated rings. The molecular weight excluding hydrogens is 194 g/mol. The molecule has 14 heavy (non-hydrogen) atoms. The topological polar surface area (TPSA) is 60.7 Å². The monoisotopic (exact) mass is 202 g/mol. The van der Waals surface area contributed by atoms with E-state index in [1.54, 1.807) is 0 Å². The lowest BCUT2D eigenvalue weighted by atomic mass is 10.1. The number of phenols is 3. The molecule has 1 saturated carbocycles. The smallest absolute Gasteiger partial charge is 0.208 e. The van der Waals surface area contributed by atoms with Crippen LogP contribution in [-0.2, 0) is 0 Å². The van der Waals surface area contributed by atoms with Gasteiger partial charge in [0.25, 0.3) is 0 Å². The zero-order valence-corrected chi connectivity index (χ0v) is 7.09. The molecule has 5 heteroatoms. The second kappa shape index (κ2) is 2.73. The summed E-state index contributed by atoms with van der Waals surface area (Å²) in [7, 11) is 0. The highest BCUT2D eigenvalue weighted by molar-refractivity contribution is 5.56. The molecule has 0 spiro atoms. The Bertz CT molecular complexity index is 371. The van der Waals surface area contributed by atoms with Gasteiger partial charge in [-0.2, -0.15) is 8.78 Å². The van der Waals surface area contributed by atoms with Gasteiger partial charge in [0.05, 0.1) is 0 Å². The van der Waals surface area contributed by atoms with Crippen LogP contribution in [0.3, 0.4) is 0 Å². The van der Waals surface area contributed by atoms with E-state index in [0.717, 1.165) is 0 Å². The molecule has 0 aromatic heterocycles. The van der Waals surface area contributed by atoms with Gasteiger partial charge in [-0.15, -0.1) is 0 Å². The predicted molar refractivity (Wildman–Crippen MR) is 43.3 cm³/mol. The Morgan fingerprint density at radius 1 is 0.857 bits per heavy atom. The molecule has 0 saturated heterocycles. The summed E-state index contributed by atoms with van der Waals surface area (Å²) >= 11 is 0. The maximum Gasteiger partial charge on any atom is 0.208 e. The number of hydrogen-bond donors (Lipinski definition) is 3. The summed E-state index contributed by atoms with van der Waals surface area (Å²) in [4.78, 5) is 0. The van der Waals surface area contributed by atoms with Crippen LogP contribution in [0.2, 0.25) is 0 Å². The molecule has 1 aliphatic carbocycles. The highest BCUT2D eigenvalue weighted by Crippen LogP contribution is 2.52. The molecule has 0 bridgehead atoms. The third kappa shape index (κ3) is 1.08. The Hall–Kier alpha value is -1.52. The zero-order valence-electron chi connectivity index (χ0n) is 7.09. The van der Waals surface area contributed by atoms with Crippen molar-refractivity contribution in [3.05, 3.63) is 17.2 Å². The molecule has 76 valence electrons. The van der Waals surface area contributed by atoms with Crippen molar-refractivity contribution < 1.29 is 24.1 Å². The lowest BCUT2D eigenvalue weighted by Crippen LogP contribution is -1.93. The van der Waals surface area contributed by atoms with Crippen LogP contribution < -0.4 is 0 Å². The maximum atomic E-state index is 12.9. The van der Waals surface area contributed by atoms with Crippen LogP contribution in [0.5, 0.6) is 17.2 Å². The van der Waals surface area contributed by atoms with Crippen molar-refractivity contribution in [3.63, 3.8) is 0 Å². The molecular formula is C9H8F2O3. The Labute approximate surface area is 78.2 Å². The van der Waals surface area contributed by atoms with Crippen molar-refractivity contribution in [2.24, 2.45) is 0 Å². The Morgan fingerprint density at radius 3 is 1.86 bits per heavy atom. The number of benzene rings is 1. The fourth-order valence-corrected chi connectivity index (χ4v) is 1.43. The zero-order chi connectivity index (χ0) is 10.5. The Morgan fingerprint density at radius 2 is 1.36 bits per heavy atom. The molecule has 0 atom stereocenters. The molecule has 2 rings (SSSR count). The molecule has 0 unspecified atom stereocenters. The molecule has 1 aromatic carbocycles. The Balaban J connectivity index is 2.69. The molecule has 0 radical (unpaired) electrons. The number of phenolic OH excluding ortho intramolecular Hbond substituents is 3. The largest absolute Gasteiger partial charge is 0.504 e. The first-order chi connectivity index (χ1) is 6.54. The van der Waals surface area contributed by atoms with Gasteiger partial charge >= 0.3 is 0 Å². The highest BCUT2D eigenvalue weighted by Gasteiger charge is 2.34. The van der Waals surface area contributed by atoms with E-state index < -0.39 is 28.9 Å². The lowest BCUT2D eigenvalue weighted by Gasteiger charge is -2.09. The fraction of sp³-hybridized carbons (Fsp3) is 0.333. The minimum absolute atomic E-state index is 0.0959. The first-order valence-electron chi connectivity index (χ1n) is 4.15. The minimum Gasteiger partial charge on any atom is -0.504 e. The fourth-order valence-electron chi connectivity index (χ4n) is 1.43. The molecule has 3 N–H and O–H groups in total. The molecule has 1 aliphatic rings. The van der Waals surface area contributed by atoms with Crippen molar-refractivity contribution in [1.29, 1.82) is 0 Å². The van der Waals surface area contributed by atoms with E-state index in [0.29, 0.717) is 12.8 Å². The summed E-state index contributed by atoms with van der Waals surface area (Å²) in [6, 6.07) is 0. The van der Waals surface area contributed by atoms with Gasteiger partial charge in [-0.25, -0.2) is 0 Å². The van der Waals surface area contributed by atoms with Crippen molar-refractivity contribution >= 4 is 0 Å². The van der Waals surface area contributed by atoms with E-state index in [1.165, 1.54) is 0 Å². The summed E-state index contributed by atoms with van der Waals surface area (Å²) in [5, 5.41) is 27.5. The van der Waals surface area contributed by atoms with Crippen LogP contribution in [0, 0.1) is 11.6 Å². The maximum absolute atomic E-state index is 12.9. The molecule has 0 amide bonds. The van der Waals surface area contributed by atoms with E-state index in [-0.39, 0.29) is 11.5 Å². The average molecular weight is 202 g/mol. The third-order valence-corrected chi connectivity index (χ3v) is 2.33. The SMILES string of the molecule is Oc1c(O)c(C2CC2)c(O)c(F)c1F. The van der Waals surface area contributed by atoms with Gasteiger partial charge in [-0.05, 0) is 18.8 Å². The van der Waals surface area contributed by atoms with E-state index >= 15 is 0 Å². The van der Waals surface area contributed by atoms with Gasteiger partial charge in [-0.1, -0.05) is 0 Å². The van der Waals surface area contributed by atoms with Crippen LogP contribution in [0.1, 0.15) is 24.3 Å². The van der Waals surface area contributed by atoms with Crippen LogP contribution >= 0.6 is 0 Å². The summed E-state index contributed by atoms with van der Waals surface area (Å²) < 4.78 is 25.7. The molecule has 1 aromatic rings. The lowest BCUT2D eigenvalue weighted by molar-refractivity contribution is 0.338. The summed E-state index contributed by atoms with van der Waals surface area (Å²) in [5.74, 6) is -6.12. The normalized spacial score (nSPS) is 15.9. The quantitative estimate of drug-likeness (QED) is 0.482. The standard InChI is InChI=1S/C9H8F2O3/c10-5-6(11)9(14)8(13)4(7(5)12)3-1-2-3/h3,12-14H,1-2H2. The van der Waals surface area contributed by atoms with Crippen molar-refractivity contribution in [1.82, 2.24) is 0 Å². The van der Waals surface area contributed by atoms with Gasteiger partial charge in [0, 0.05) is 5.56 Å². The van der Waals surface area contributed by atoms with Gasteiger partial charge in [0.1, 0.15) is 0 Å². The van der Waals surface area contributed by atoms with Crippen molar-refractivity contribution in [3.8, 4) is 17.2 Å². The summed E-state index contributed by atoms with van der Waals surface area (Å²) in [6.07, 6.45) is 1.37. The van der Waals surface area contributed by atoms with Gasteiger partial charge in [0.2, 0.25) is 11.6 Å². The van der Waals surface area contributed by atoms with E-state index in [9.17, 15) is 19.0 Å². The van der Waals surface area contributed by atoms with E-state index in [1.807, 2.05) is 0 Å². The second-order valence-corrected chi connectivity index (χ2v) is 3.36. The van der Waals surface area contributed by atoms with Crippen LogP contribution in [0.4, 0.5) is 8.78 Å². The van der Waals surface area contributed by atoms with Gasteiger partial charge in [0.15, 0.2) is 17.2 Å². The molecule has 0 heterocycles. The van der Waals surface area contributed by atoms with Crippen LogP contribution in [-0.4, -0.2) is 15.3 Å². The number of hydrogen-bond acceptors (Lipinski definition) is 3. The van der Waals surface area contributed by atoms with Gasteiger partial charge < -0.3 is 15.3 Å². The summed E-state index contributed by atoms with van der Waals surface area (Å²) in [5.41, 5.74) is -0.0959. The Kier molecular flexibility index (Phi) is 1.77. The van der Waals surface area contributed by atoms with E-state index in [2.05, 4.69) is 0 Å². The average Bonchev–Trinajstić information content (AvgIpc) is 2.96. The minimum atomic E-state index is -1.62. The molecule has 0 aliphatic heterocycles. The number of aromatic hydroxyl groups is 3. The number of halogens is 2. The van der Waals surface area contributed by atoms with Crippen LogP contribution in [0.25, 0.3) is 0 Å². The first kappa shape index (κ1) is 9.05. The second-order valence-electron chi connectivity index (χ2n) is 3.36. The third-order valence-electron chi connectivity index (χ3n) is 2.33. The van der Waals surface area contributed by atoms with Crippen LogP contribution in [0.15, 0.2) is 0 Å². The number of rotatable bonds is 1.